The molecule has 2 aromatic rings. The molecule has 1 aliphatic carbocycles. The van der Waals surface area contributed by atoms with E-state index in [2.05, 4.69) is 29.9 Å². The van der Waals surface area contributed by atoms with Crippen LogP contribution in [0, 0.1) is 0 Å². The molecule has 0 unspecified atom stereocenters. The summed E-state index contributed by atoms with van der Waals surface area (Å²) in [6.45, 7) is 4.42. The van der Waals surface area contributed by atoms with E-state index in [1.54, 1.807) is 17.7 Å². The van der Waals surface area contributed by atoms with Crippen LogP contribution in [0.1, 0.15) is 56.7 Å². The molecule has 19 heavy (non-hydrogen) atoms. The first kappa shape index (κ1) is 12.9. The van der Waals surface area contributed by atoms with Crippen molar-refractivity contribution in [2.45, 2.75) is 58.0 Å². The van der Waals surface area contributed by atoms with Gasteiger partial charge in [-0.1, -0.05) is 20.3 Å². The SMILES string of the molecule is CC(C)c1cc2c(OC3CCCCC3)ncnc2s1. The summed E-state index contributed by atoms with van der Waals surface area (Å²) >= 11 is 1.75. The molecule has 1 saturated carbocycles. The van der Waals surface area contributed by atoms with Crippen molar-refractivity contribution in [3.05, 3.63) is 17.3 Å². The molecule has 0 spiro atoms. The largest absolute Gasteiger partial charge is 0.474 e. The standard InChI is InChI=1S/C15H20N2OS/c1-10(2)13-8-12-14(16-9-17-15(12)19-13)18-11-6-4-3-5-7-11/h8-11H,3-7H2,1-2H3. The van der Waals surface area contributed by atoms with E-state index in [1.807, 2.05) is 0 Å². The predicted octanol–water partition coefficient (Wildman–Crippen LogP) is 4.53. The number of hydrogen-bond donors (Lipinski definition) is 0. The van der Waals surface area contributed by atoms with Crippen LogP contribution < -0.4 is 4.74 Å². The zero-order valence-electron chi connectivity index (χ0n) is 11.6. The van der Waals surface area contributed by atoms with E-state index in [0.717, 1.165) is 28.9 Å². The first-order chi connectivity index (χ1) is 9.24. The minimum absolute atomic E-state index is 0.342. The number of hydrogen-bond acceptors (Lipinski definition) is 4. The summed E-state index contributed by atoms with van der Waals surface area (Å²) in [4.78, 5) is 11.1. The van der Waals surface area contributed by atoms with Gasteiger partial charge in [-0.15, -0.1) is 11.3 Å². The van der Waals surface area contributed by atoms with E-state index >= 15 is 0 Å². The lowest BCUT2D eigenvalue weighted by Gasteiger charge is -2.22. The summed E-state index contributed by atoms with van der Waals surface area (Å²) < 4.78 is 6.12. The molecule has 3 nitrogen and oxygen atoms in total. The highest BCUT2D eigenvalue weighted by Crippen LogP contribution is 2.34. The fourth-order valence-electron chi connectivity index (χ4n) is 2.57. The van der Waals surface area contributed by atoms with Crippen LogP contribution in [0.2, 0.25) is 0 Å². The molecular weight excluding hydrogens is 256 g/mol. The zero-order chi connectivity index (χ0) is 13.2. The van der Waals surface area contributed by atoms with E-state index in [9.17, 15) is 0 Å². The van der Waals surface area contributed by atoms with Crippen molar-refractivity contribution in [1.29, 1.82) is 0 Å². The number of ether oxygens (including phenoxy) is 1. The minimum atomic E-state index is 0.342. The van der Waals surface area contributed by atoms with Crippen molar-refractivity contribution in [2.75, 3.05) is 0 Å². The molecule has 0 radical (unpaired) electrons. The monoisotopic (exact) mass is 276 g/mol. The Labute approximate surface area is 118 Å². The molecule has 0 amide bonds. The van der Waals surface area contributed by atoms with Gasteiger partial charge in [0.05, 0.1) is 5.39 Å². The molecule has 1 fully saturated rings. The van der Waals surface area contributed by atoms with Crippen LogP contribution in [0.15, 0.2) is 12.4 Å². The quantitative estimate of drug-likeness (QED) is 0.826. The van der Waals surface area contributed by atoms with E-state index in [4.69, 9.17) is 4.74 Å². The maximum atomic E-state index is 6.12. The first-order valence-corrected chi connectivity index (χ1v) is 7.97. The summed E-state index contributed by atoms with van der Waals surface area (Å²) in [5.74, 6) is 1.31. The molecule has 2 aromatic heterocycles. The Morgan fingerprint density at radius 3 is 2.74 bits per heavy atom. The van der Waals surface area contributed by atoms with Gasteiger partial charge in [-0.05, 0) is 37.7 Å². The van der Waals surface area contributed by atoms with Gasteiger partial charge >= 0.3 is 0 Å². The number of thiophene rings is 1. The molecule has 0 aromatic carbocycles. The van der Waals surface area contributed by atoms with Gasteiger partial charge < -0.3 is 4.74 Å². The van der Waals surface area contributed by atoms with Crippen LogP contribution in [0.5, 0.6) is 5.88 Å². The highest BCUT2D eigenvalue weighted by molar-refractivity contribution is 7.18. The van der Waals surface area contributed by atoms with Gasteiger partial charge in [-0.3, -0.25) is 0 Å². The maximum Gasteiger partial charge on any atom is 0.225 e. The molecule has 0 N–H and O–H groups in total. The van der Waals surface area contributed by atoms with Crippen molar-refractivity contribution < 1.29 is 4.74 Å². The second-order valence-electron chi connectivity index (χ2n) is 5.58. The van der Waals surface area contributed by atoms with Crippen LogP contribution in [-0.2, 0) is 0 Å². The summed E-state index contributed by atoms with van der Waals surface area (Å²) in [5, 5.41) is 1.08. The first-order valence-electron chi connectivity index (χ1n) is 7.15. The number of nitrogens with zero attached hydrogens (tertiary/aromatic N) is 2. The van der Waals surface area contributed by atoms with Gasteiger partial charge in [0.25, 0.3) is 0 Å². The van der Waals surface area contributed by atoms with Crippen molar-refractivity contribution >= 4 is 21.6 Å². The lowest BCUT2D eigenvalue weighted by molar-refractivity contribution is 0.151. The third kappa shape index (κ3) is 2.73. The van der Waals surface area contributed by atoms with Gasteiger partial charge in [0.1, 0.15) is 17.3 Å². The summed E-state index contributed by atoms with van der Waals surface area (Å²) in [6.07, 6.45) is 8.18. The normalized spacial score (nSPS) is 17.2. The van der Waals surface area contributed by atoms with Crippen LogP contribution in [0.25, 0.3) is 10.2 Å². The second kappa shape index (κ2) is 5.45. The van der Waals surface area contributed by atoms with E-state index in [-0.39, 0.29) is 0 Å². The molecule has 0 aliphatic heterocycles. The van der Waals surface area contributed by atoms with Crippen LogP contribution in [0.3, 0.4) is 0 Å². The number of rotatable bonds is 3. The molecule has 2 heterocycles. The molecule has 1 aliphatic rings. The molecule has 0 atom stereocenters. The average Bonchev–Trinajstić information content (AvgIpc) is 2.85. The van der Waals surface area contributed by atoms with Crippen molar-refractivity contribution in [3.63, 3.8) is 0 Å². The van der Waals surface area contributed by atoms with Crippen LogP contribution in [0.4, 0.5) is 0 Å². The topological polar surface area (TPSA) is 35.0 Å². The van der Waals surface area contributed by atoms with Gasteiger partial charge in [0.2, 0.25) is 5.88 Å². The Balaban J connectivity index is 1.89. The molecule has 0 bridgehead atoms. The molecule has 4 heteroatoms. The third-order valence-corrected chi connectivity index (χ3v) is 5.06. The van der Waals surface area contributed by atoms with Gasteiger partial charge in [-0.25, -0.2) is 9.97 Å². The Morgan fingerprint density at radius 1 is 1.21 bits per heavy atom. The number of aromatic nitrogens is 2. The van der Waals surface area contributed by atoms with E-state index in [0.29, 0.717) is 12.0 Å². The highest BCUT2D eigenvalue weighted by atomic mass is 32.1. The maximum absolute atomic E-state index is 6.12. The molecule has 102 valence electrons. The second-order valence-corrected chi connectivity index (χ2v) is 6.64. The Bertz CT molecular complexity index is 558. The van der Waals surface area contributed by atoms with Crippen LogP contribution >= 0.6 is 11.3 Å². The van der Waals surface area contributed by atoms with E-state index < -0.39 is 0 Å². The molecule has 0 saturated heterocycles. The smallest absolute Gasteiger partial charge is 0.225 e. The Hall–Kier alpha value is -1.16. The Kier molecular flexibility index (Phi) is 3.69. The zero-order valence-corrected chi connectivity index (χ0v) is 12.4. The molecule has 3 rings (SSSR count). The fourth-order valence-corrected chi connectivity index (χ4v) is 3.56. The van der Waals surface area contributed by atoms with Crippen molar-refractivity contribution in [1.82, 2.24) is 9.97 Å². The predicted molar refractivity (Wildman–Crippen MR) is 79.0 cm³/mol. The number of fused-ring (bicyclic) bond motifs is 1. The van der Waals surface area contributed by atoms with E-state index in [1.165, 1.54) is 24.1 Å². The van der Waals surface area contributed by atoms with Crippen molar-refractivity contribution in [2.24, 2.45) is 0 Å². The fraction of sp³-hybridized carbons (Fsp3) is 0.600. The van der Waals surface area contributed by atoms with Gasteiger partial charge in [-0.2, -0.15) is 0 Å². The van der Waals surface area contributed by atoms with Crippen LogP contribution in [-0.4, -0.2) is 16.1 Å². The lowest BCUT2D eigenvalue weighted by atomic mass is 9.98. The van der Waals surface area contributed by atoms with Gasteiger partial charge in [0.15, 0.2) is 0 Å². The van der Waals surface area contributed by atoms with Gasteiger partial charge in [0, 0.05) is 4.88 Å². The highest BCUT2D eigenvalue weighted by Gasteiger charge is 2.18. The third-order valence-electron chi connectivity index (χ3n) is 3.71. The molecular formula is C15H20N2OS. The van der Waals surface area contributed by atoms with Crippen molar-refractivity contribution in [3.8, 4) is 5.88 Å². The Morgan fingerprint density at radius 2 is 2.00 bits per heavy atom. The average molecular weight is 276 g/mol. The minimum Gasteiger partial charge on any atom is -0.474 e. The summed E-state index contributed by atoms with van der Waals surface area (Å²) in [6, 6.07) is 2.20. The lowest BCUT2D eigenvalue weighted by Crippen LogP contribution is -2.20. The summed E-state index contributed by atoms with van der Waals surface area (Å²) in [5.41, 5.74) is 0. The summed E-state index contributed by atoms with van der Waals surface area (Å²) in [7, 11) is 0.